The van der Waals surface area contributed by atoms with Gasteiger partial charge in [0.15, 0.2) is 11.4 Å². The molecule has 0 aliphatic carbocycles. The van der Waals surface area contributed by atoms with Gasteiger partial charge in [0.1, 0.15) is 0 Å². The lowest BCUT2D eigenvalue weighted by Gasteiger charge is -2.19. The van der Waals surface area contributed by atoms with Crippen molar-refractivity contribution >= 4 is 28.7 Å². The van der Waals surface area contributed by atoms with Gasteiger partial charge in [-0.1, -0.05) is 17.7 Å². The molecule has 1 amide bonds. The predicted octanol–water partition coefficient (Wildman–Crippen LogP) is 2.78. The van der Waals surface area contributed by atoms with Crippen LogP contribution in [-0.2, 0) is 10.4 Å². The van der Waals surface area contributed by atoms with Gasteiger partial charge in [-0.25, -0.2) is 0 Å². The highest BCUT2D eigenvalue weighted by molar-refractivity contribution is 7.14. The lowest BCUT2D eigenvalue weighted by Crippen LogP contribution is -2.36. The van der Waals surface area contributed by atoms with E-state index in [1.165, 1.54) is 11.3 Å². The summed E-state index contributed by atoms with van der Waals surface area (Å²) in [6.07, 6.45) is -0.241. The zero-order valence-corrected chi connectivity index (χ0v) is 12.6. The average Bonchev–Trinajstić information content (AvgIpc) is 2.95. The summed E-state index contributed by atoms with van der Waals surface area (Å²) in [6, 6.07) is 8.94. The van der Waals surface area contributed by atoms with E-state index in [0.717, 1.165) is 10.4 Å². The molecule has 3 rings (SSSR count). The number of carbonyl (C=O) groups is 2. The Morgan fingerprint density at radius 3 is 2.71 bits per heavy atom. The van der Waals surface area contributed by atoms with E-state index < -0.39 is 11.5 Å². The molecular formula is C16H15NO3S. The van der Waals surface area contributed by atoms with E-state index in [2.05, 4.69) is 5.32 Å². The number of aryl methyl sites for hydroxylation is 2. The van der Waals surface area contributed by atoms with Gasteiger partial charge >= 0.3 is 0 Å². The maximum Gasteiger partial charge on any atom is 0.261 e. The summed E-state index contributed by atoms with van der Waals surface area (Å²) in [6.45, 7) is 3.80. The Balaban J connectivity index is 1.96. The number of carbonyl (C=O) groups excluding carboxylic acids is 2. The van der Waals surface area contributed by atoms with Gasteiger partial charge in [0.25, 0.3) is 5.91 Å². The normalized spacial score (nSPS) is 20.2. The Morgan fingerprint density at radius 2 is 2.05 bits per heavy atom. The molecule has 0 saturated heterocycles. The van der Waals surface area contributed by atoms with Crippen LogP contribution >= 0.6 is 11.3 Å². The van der Waals surface area contributed by atoms with Crippen molar-refractivity contribution in [2.75, 3.05) is 5.32 Å². The molecule has 0 fully saturated rings. The van der Waals surface area contributed by atoms with Crippen molar-refractivity contribution in [3.63, 3.8) is 0 Å². The van der Waals surface area contributed by atoms with Crippen LogP contribution in [0.4, 0.5) is 5.69 Å². The van der Waals surface area contributed by atoms with E-state index in [9.17, 15) is 14.7 Å². The number of benzene rings is 1. The Kier molecular flexibility index (Phi) is 3.19. The average molecular weight is 301 g/mol. The highest BCUT2D eigenvalue weighted by Crippen LogP contribution is 2.39. The number of aliphatic hydroxyl groups is 1. The van der Waals surface area contributed by atoms with E-state index in [4.69, 9.17) is 0 Å². The van der Waals surface area contributed by atoms with Crippen molar-refractivity contribution in [2.45, 2.75) is 25.9 Å². The first-order valence-corrected chi connectivity index (χ1v) is 7.46. The summed E-state index contributed by atoms with van der Waals surface area (Å²) < 4.78 is 0. The standard InChI is InChI=1S/C16H15NO3S/c1-9-3-5-12-11(7-9)16(20,15(19)17-12)8-13(18)14-6-4-10(2)21-14/h3-7,20H,8H2,1-2H3,(H,17,19)/t16-/m0/s1. The second-order valence-electron chi connectivity index (χ2n) is 5.37. The summed E-state index contributed by atoms with van der Waals surface area (Å²) in [4.78, 5) is 26.0. The maximum absolute atomic E-state index is 12.3. The van der Waals surface area contributed by atoms with Crippen LogP contribution in [-0.4, -0.2) is 16.8 Å². The zero-order valence-electron chi connectivity index (χ0n) is 11.8. The van der Waals surface area contributed by atoms with Gasteiger partial charge in [-0.05, 0) is 32.0 Å². The third kappa shape index (κ3) is 2.28. The molecule has 0 saturated carbocycles. The Morgan fingerprint density at radius 1 is 1.29 bits per heavy atom. The summed E-state index contributed by atoms with van der Waals surface area (Å²) >= 11 is 1.37. The molecule has 1 aromatic heterocycles. The van der Waals surface area contributed by atoms with Gasteiger partial charge in [-0.3, -0.25) is 9.59 Å². The van der Waals surface area contributed by atoms with Gasteiger partial charge in [0, 0.05) is 16.1 Å². The molecular weight excluding hydrogens is 286 g/mol. The number of Topliss-reactive ketones (excluding diaryl/α,β-unsaturated/α-hetero) is 1. The van der Waals surface area contributed by atoms with Crippen molar-refractivity contribution in [3.05, 3.63) is 51.2 Å². The van der Waals surface area contributed by atoms with Gasteiger partial charge in [-0.2, -0.15) is 0 Å². The highest BCUT2D eigenvalue weighted by atomic mass is 32.1. The fraction of sp³-hybridized carbons (Fsp3) is 0.250. The molecule has 0 bridgehead atoms. The van der Waals surface area contributed by atoms with Gasteiger partial charge in [0.05, 0.1) is 11.3 Å². The molecule has 108 valence electrons. The minimum absolute atomic E-state index is 0.222. The first-order valence-electron chi connectivity index (χ1n) is 6.65. The van der Waals surface area contributed by atoms with Crippen LogP contribution in [0.3, 0.4) is 0 Å². The number of thiophene rings is 1. The SMILES string of the molecule is Cc1ccc2c(c1)[C@@](O)(CC(=O)c1ccc(C)s1)C(=O)N2. The Hall–Kier alpha value is -1.98. The fourth-order valence-electron chi connectivity index (χ4n) is 2.54. The van der Waals surface area contributed by atoms with Gasteiger partial charge in [-0.15, -0.1) is 11.3 Å². The third-order valence-electron chi connectivity index (χ3n) is 3.68. The highest BCUT2D eigenvalue weighted by Gasteiger charge is 2.46. The van der Waals surface area contributed by atoms with Crippen molar-refractivity contribution in [3.8, 4) is 0 Å². The molecule has 1 aliphatic rings. The smallest absolute Gasteiger partial charge is 0.261 e. The first kappa shape index (κ1) is 14.0. The van der Waals surface area contributed by atoms with Crippen molar-refractivity contribution in [1.82, 2.24) is 0 Å². The monoisotopic (exact) mass is 301 g/mol. The van der Waals surface area contributed by atoms with Gasteiger partial charge < -0.3 is 10.4 Å². The lowest BCUT2D eigenvalue weighted by molar-refractivity contribution is -0.133. The lowest BCUT2D eigenvalue weighted by atomic mass is 9.89. The molecule has 2 aromatic rings. The molecule has 2 heterocycles. The molecule has 0 spiro atoms. The van der Waals surface area contributed by atoms with Crippen LogP contribution in [0.2, 0.25) is 0 Å². The van der Waals surface area contributed by atoms with Crippen molar-refractivity contribution < 1.29 is 14.7 Å². The molecule has 1 aromatic carbocycles. The molecule has 4 nitrogen and oxygen atoms in total. The quantitative estimate of drug-likeness (QED) is 0.857. The van der Waals surface area contributed by atoms with E-state index in [1.807, 2.05) is 26.0 Å². The number of amides is 1. The minimum Gasteiger partial charge on any atom is -0.375 e. The van der Waals surface area contributed by atoms with E-state index in [1.54, 1.807) is 18.2 Å². The zero-order chi connectivity index (χ0) is 15.2. The number of rotatable bonds is 3. The first-order chi connectivity index (χ1) is 9.90. The second kappa shape index (κ2) is 4.79. The van der Waals surface area contributed by atoms with Crippen LogP contribution in [0.25, 0.3) is 0 Å². The van der Waals surface area contributed by atoms with Crippen LogP contribution in [0.5, 0.6) is 0 Å². The van der Waals surface area contributed by atoms with E-state index >= 15 is 0 Å². The summed E-state index contributed by atoms with van der Waals surface area (Å²) in [5.74, 6) is -0.759. The van der Waals surface area contributed by atoms with Crippen molar-refractivity contribution in [2.24, 2.45) is 0 Å². The molecule has 1 aliphatic heterocycles. The number of hydrogen-bond acceptors (Lipinski definition) is 4. The number of anilines is 1. The van der Waals surface area contributed by atoms with Gasteiger partial charge in [0.2, 0.25) is 0 Å². The molecule has 5 heteroatoms. The van der Waals surface area contributed by atoms with Crippen LogP contribution in [0, 0.1) is 13.8 Å². The fourth-order valence-corrected chi connectivity index (χ4v) is 3.34. The number of fused-ring (bicyclic) bond motifs is 1. The van der Waals surface area contributed by atoms with Crippen LogP contribution in [0.15, 0.2) is 30.3 Å². The molecule has 0 radical (unpaired) electrons. The molecule has 2 N–H and O–H groups in total. The Bertz CT molecular complexity index is 750. The second-order valence-corrected chi connectivity index (χ2v) is 6.66. The van der Waals surface area contributed by atoms with Crippen LogP contribution in [0.1, 0.15) is 32.1 Å². The van der Waals surface area contributed by atoms with Crippen LogP contribution < -0.4 is 5.32 Å². The predicted molar refractivity (Wildman–Crippen MR) is 81.7 cm³/mol. The topological polar surface area (TPSA) is 66.4 Å². The summed E-state index contributed by atoms with van der Waals surface area (Å²) in [5.41, 5.74) is 0.205. The minimum atomic E-state index is -1.78. The summed E-state index contributed by atoms with van der Waals surface area (Å²) in [5, 5.41) is 13.4. The van der Waals surface area contributed by atoms with E-state index in [0.29, 0.717) is 16.1 Å². The molecule has 1 atom stereocenters. The maximum atomic E-state index is 12.3. The largest absolute Gasteiger partial charge is 0.375 e. The number of ketones is 1. The van der Waals surface area contributed by atoms with E-state index in [-0.39, 0.29) is 12.2 Å². The number of nitrogens with one attached hydrogen (secondary N) is 1. The molecule has 0 unspecified atom stereocenters. The Labute approximate surface area is 126 Å². The third-order valence-corrected chi connectivity index (χ3v) is 4.72. The number of hydrogen-bond donors (Lipinski definition) is 2. The molecule has 21 heavy (non-hydrogen) atoms. The van der Waals surface area contributed by atoms with Crippen molar-refractivity contribution in [1.29, 1.82) is 0 Å². The summed E-state index contributed by atoms with van der Waals surface area (Å²) in [7, 11) is 0.